The molecule has 5 heteroatoms. The van der Waals surface area contributed by atoms with Gasteiger partial charge in [0.2, 0.25) is 0 Å². The first-order chi connectivity index (χ1) is 7.77. The first kappa shape index (κ1) is 12.0. The summed E-state index contributed by atoms with van der Waals surface area (Å²) in [5.74, 6) is 0. The smallest absolute Gasteiger partial charge is 0.0634 e. The molecule has 2 rings (SSSR count). The van der Waals surface area contributed by atoms with Crippen LogP contribution in [-0.4, -0.2) is 4.98 Å². The largest absolute Gasteiger partial charge is 0.308 e. The van der Waals surface area contributed by atoms with E-state index in [0.717, 1.165) is 23.1 Å². The quantitative estimate of drug-likeness (QED) is 0.926. The van der Waals surface area contributed by atoms with Crippen LogP contribution in [0.15, 0.2) is 34.4 Å². The highest BCUT2D eigenvalue weighted by atomic mass is 79.9. The van der Waals surface area contributed by atoms with Crippen LogP contribution in [0, 0.1) is 0 Å². The van der Waals surface area contributed by atoms with E-state index in [-0.39, 0.29) is 0 Å². The molecule has 84 valence electrons. The number of aromatic nitrogens is 1. The molecule has 0 saturated carbocycles. The molecule has 0 atom stereocenters. The van der Waals surface area contributed by atoms with Crippen molar-refractivity contribution in [2.45, 2.75) is 13.1 Å². The van der Waals surface area contributed by atoms with Crippen LogP contribution in [0.25, 0.3) is 0 Å². The summed E-state index contributed by atoms with van der Waals surface area (Å²) < 4.78 is 1.16. The Bertz CT molecular complexity index is 473. The van der Waals surface area contributed by atoms with E-state index in [0.29, 0.717) is 5.02 Å². The highest BCUT2D eigenvalue weighted by Crippen LogP contribution is 2.22. The van der Waals surface area contributed by atoms with Crippen LogP contribution in [0.4, 0.5) is 0 Å². The summed E-state index contributed by atoms with van der Waals surface area (Å²) in [5, 5.41) is 6.13. The molecule has 2 aromatic rings. The predicted molar refractivity (Wildman–Crippen MR) is 71.8 cm³/mol. The number of nitrogens with one attached hydrogen (secondary N) is 1. The molecule has 16 heavy (non-hydrogen) atoms. The Kier molecular flexibility index (Phi) is 4.35. The van der Waals surface area contributed by atoms with E-state index in [2.05, 4.69) is 37.7 Å². The Labute approximate surface area is 112 Å². The zero-order valence-electron chi connectivity index (χ0n) is 8.41. The summed E-state index contributed by atoms with van der Waals surface area (Å²) in [7, 11) is 0. The average molecular weight is 318 g/mol. The zero-order valence-corrected chi connectivity index (χ0v) is 11.6. The van der Waals surface area contributed by atoms with E-state index < -0.39 is 0 Å². The minimum atomic E-state index is 0.709. The van der Waals surface area contributed by atoms with Gasteiger partial charge in [0, 0.05) is 34.8 Å². The van der Waals surface area contributed by atoms with Gasteiger partial charge in [-0.1, -0.05) is 11.6 Å². The molecule has 0 spiro atoms. The van der Waals surface area contributed by atoms with E-state index in [1.807, 2.05) is 6.07 Å². The van der Waals surface area contributed by atoms with Gasteiger partial charge in [-0.2, -0.15) is 0 Å². The van der Waals surface area contributed by atoms with Crippen LogP contribution in [0.3, 0.4) is 0 Å². The first-order valence-corrected chi connectivity index (χ1v) is 6.83. The second kappa shape index (κ2) is 5.77. The van der Waals surface area contributed by atoms with E-state index in [4.69, 9.17) is 11.6 Å². The van der Waals surface area contributed by atoms with E-state index in [9.17, 15) is 0 Å². The van der Waals surface area contributed by atoms with Crippen molar-refractivity contribution in [3.63, 3.8) is 0 Å². The average Bonchev–Trinajstić information content (AvgIpc) is 2.67. The molecule has 0 bridgehead atoms. The number of thiophene rings is 1. The molecule has 0 unspecified atom stereocenters. The first-order valence-electron chi connectivity index (χ1n) is 4.78. The zero-order chi connectivity index (χ0) is 11.4. The summed E-state index contributed by atoms with van der Waals surface area (Å²) in [6.45, 7) is 1.60. The number of nitrogens with zero attached hydrogens (tertiary/aromatic N) is 1. The lowest BCUT2D eigenvalue weighted by molar-refractivity contribution is 0.699. The molecule has 2 nitrogen and oxygen atoms in total. The van der Waals surface area contributed by atoms with Gasteiger partial charge in [-0.25, -0.2) is 0 Å². The van der Waals surface area contributed by atoms with E-state index in [1.54, 1.807) is 23.7 Å². The highest BCUT2D eigenvalue weighted by Gasteiger charge is 2.02. The Hall–Kier alpha value is -0.420. The van der Waals surface area contributed by atoms with Crippen molar-refractivity contribution in [3.05, 3.63) is 49.8 Å². The fourth-order valence-corrected chi connectivity index (χ4v) is 2.96. The lowest BCUT2D eigenvalue weighted by Gasteiger charge is -2.05. The maximum atomic E-state index is 6.01. The number of rotatable bonds is 4. The molecule has 0 fully saturated rings. The topological polar surface area (TPSA) is 24.9 Å². The molecule has 2 aromatic heterocycles. The third-order valence-corrected chi connectivity index (χ3v) is 4.42. The normalized spacial score (nSPS) is 10.6. The third kappa shape index (κ3) is 3.04. The van der Waals surface area contributed by atoms with Gasteiger partial charge in [0.15, 0.2) is 0 Å². The van der Waals surface area contributed by atoms with Gasteiger partial charge in [0.05, 0.1) is 5.02 Å². The standard InChI is InChI=1S/C11H10BrClN2S/c12-9-2-4-16-11(9)7-15-5-8-1-3-14-6-10(8)13/h1-4,6,15H,5,7H2. The fraction of sp³-hybridized carbons (Fsp3) is 0.182. The molecule has 0 aromatic carbocycles. The van der Waals surface area contributed by atoms with E-state index >= 15 is 0 Å². The Morgan fingerprint density at radius 1 is 1.38 bits per heavy atom. The second-order valence-electron chi connectivity index (χ2n) is 3.26. The Balaban J connectivity index is 1.89. The number of hydrogen-bond donors (Lipinski definition) is 1. The van der Waals surface area contributed by atoms with E-state index in [1.165, 1.54) is 4.88 Å². The monoisotopic (exact) mass is 316 g/mol. The van der Waals surface area contributed by atoms with Crippen molar-refractivity contribution < 1.29 is 0 Å². The summed E-state index contributed by atoms with van der Waals surface area (Å²) >= 11 is 11.2. The molecule has 0 saturated heterocycles. The van der Waals surface area contributed by atoms with Gasteiger partial charge >= 0.3 is 0 Å². The van der Waals surface area contributed by atoms with Crippen molar-refractivity contribution in [2.75, 3.05) is 0 Å². The molecule has 0 aliphatic heterocycles. The molecular weight excluding hydrogens is 308 g/mol. The molecule has 0 aliphatic rings. The predicted octanol–water partition coefficient (Wildman–Crippen LogP) is 3.85. The molecular formula is C11H10BrClN2S. The summed E-state index contributed by atoms with van der Waals surface area (Å²) in [5.41, 5.74) is 1.07. The molecule has 1 N–H and O–H groups in total. The summed E-state index contributed by atoms with van der Waals surface area (Å²) in [4.78, 5) is 5.25. The van der Waals surface area contributed by atoms with Gasteiger partial charge in [-0.3, -0.25) is 4.98 Å². The van der Waals surface area contributed by atoms with Gasteiger partial charge in [0.1, 0.15) is 0 Å². The van der Waals surface area contributed by atoms with Crippen molar-refractivity contribution in [3.8, 4) is 0 Å². The maximum absolute atomic E-state index is 6.01. The lowest BCUT2D eigenvalue weighted by atomic mass is 10.2. The third-order valence-electron chi connectivity index (χ3n) is 2.15. The molecule has 0 amide bonds. The van der Waals surface area contributed by atoms with Crippen LogP contribution in [-0.2, 0) is 13.1 Å². The van der Waals surface area contributed by atoms with Crippen LogP contribution < -0.4 is 5.32 Å². The van der Waals surface area contributed by atoms with Crippen LogP contribution >= 0.6 is 38.9 Å². The number of halogens is 2. The van der Waals surface area contributed by atoms with Gasteiger partial charge < -0.3 is 5.32 Å². The molecule has 2 heterocycles. The molecule has 0 aliphatic carbocycles. The highest BCUT2D eigenvalue weighted by molar-refractivity contribution is 9.10. The fourth-order valence-electron chi connectivity index (χ4n) is 1.31. The van der Waals surface area contributed by atoms with Crippen molar-refractivity contribution in [1.29, 1.82) is 0 Å². The molecule has 0 radical (unpaired) electrons. The second-order valence-corrected chi connectivity index (χ2v) is 5.52. The minimum Gasteiger partial charge on any atom is -0.308 e. The summed E-state index contributed by atoms with van der Waals surface area (Å²) in [6.07, 6.45) is 3.42. The number of pyridine rings is 1. The number of hydrogen-bond acceptors (Lipinski definition) is 3. The Morgan fingerprint density at radius 2 is 2.25 bits per heavy atom. The van der Waals surface area contributed by atoms with Crippen LogP contribution in [0.2, 0.25) is 5.02 Å². The van der Waals surface area contributed by atoms with Gasteiger partial charge in [-0.05, 0) is 39.0 Å². The van der Waals surface area contributed by atoms with Crippen molar-refractivity contribution in [1.82, 2.24) is 10.3 Å². The van der Waals surface area contributed by atoms with Crippen molar-refractivity contribution in [2.24, 2.45) is 0 Å². The summed E-state index contributed by atoms with van der Waals surface area (Å²) in [6, 6.07) is 3.99. The van der Waals surface area contributed by atoms with Crippen LogP contribution in [0.5, 0.6) is 0 Å². The van der Waals surface area contributed by atoms with Gasteiger partial charge in [-0.15, -0.1) is 11.3 Å². The van der Waals surface area contributed by atoms with Crippen molar-refractivity contribution >= 4 is 38.9 Å². The SMILES string of the molecule is Clc1cnccc1CNCc1sccc1Br. The lowest BCUT2D eigenvalue weighted by Crippen LogP contribution is -2.12. The maximum Gasteiger partial charge on any atom is 0.0634 e. The Morgan fingerprint density at radius 3 is 2.94 bits per heavy atom. The van der Waals surface area contributed by atoms with Gasteiger partial charge in [0.25, 0.3) is 0 Å². The minimum absolute atomic E-state index is 0.709. The van der Waals surface area contributed by atoms with Crippen LogP contribution in [0.1, 0.15) is 10.4 Å².